The molecule has 0 radical (unpaired) electrons. The summed E-state index contributed by atoms with van der Waals surface area (Å²) in [6.07, 6.45) is 3.21. The summed E-state index contributed by atoms with van der Waals surface area (Å²) < 4.78 is 1.77. The Kier molecular flexibility index (Phi) is 5.42. The van der Waals surface area contributed by atoms with Crippen LogP contribution in [-0.2, 0) is 13.1 Å². The highest BCUT2D eigenvalue weighted by atomic mass is 16.1. The minimum atomic E-state index is -0.124. The zero-order chi connectivity index (χ0) is 20.1. The molecule has 4 rings (SSSR count). The summed E-state index contributed by atoms with van der Waals surface area (Å²) in [5, 5.41) is 7.08. The number of carbonyl (C=O) groups is 1. The molecule has 1 amide bonds. The predicted octanol–water partition coefficient (Wildman–Crippen LogP) is 3.63. The van der Waals surface area contributed by atoms with Gasteiger partial charge in [-0.2, -0.15) is 5.10 Å². The van der Waals surface area contributed by atoms with Crippen molar-refractivity contribution in [3.63, 3.8) is 0 Å². The molecule has 0 aliphatic heterocycles. The lowest BCUT2D eigenvalue weighted by molar-refractivity contribution is 0.0950. The van der Waals surface area contributed by atoms with Gasteiger partial charge >= 0.3 is 0 Å². The van der Waals surface area contributed by atoms with Crippen LogP contribution in [0.4, 0.5) is 0 Å². The van der Waals surface area contributed by atoms with Gasteiger partial charge in [-0.05, 0) is 30.2 Å². The maximum absolute atomic E-state index is 12.6. The van der Waals surface area contributed by atoms with Gasteiger partial charge < -0.3 is 5.32 Å². The van der Waals surface area contributed by atoms with Crippen molar-refractivity contribution < 1.29 is 4.79 Å². The van der Waals surface area contributed by atoms with Crippen molar-refractivity contribution in [1.82, 2.24) is 25.1 Å². The molecule has 2 aromatic heterocycles. The minimum absolute atomic E-state index is 0.124. The van der Waals surface area contributed by atoms with E-state index in [0.29, 0.717) is 24.3 Å². The van der Waals surface area contributed by atoms with Crippen LogP contribution in [0, 0.1) is 6.92 Å². The summed E-state index contributed by atoms with van der Waals surface area (Å²) in [6.45, 7) is 2.99. The lowest BCUT2D eigenvalue weighted by Crippen LogP contribution is -2.24. The molecule has 6 heteroatoms. The van der Waals surface area contributed by atoms with Crippen LogP contribution >= 0.6 is 0 Å². The molecule has 0 atom stereocenters. The first-order chi connectivity index (χ1) is 14.2. The molecular formula is C23H21N5O. The fourth-order valence-electron chi connectivity index (χ4n) is 3.11. The van der Waals surface area contributed by atoms with E-state index in [0.717, 1.165) is 22.4 Å². The van der Waals surface area contributed by atoms with Gasteiger partial charge in [0.2, 0.25) is 0 Å². The van der Waals surface area contributed by atoms with Crippen molar-refractivity contribution in [3.8, 4) is 11.3 Å². The third-order valence-corrected chi connectivity index (χ3v) is 4.69. The standard InChI is InChI=1S/C23H21N5O/c1-17-21(11-12-22(27-17)20-5-3-2-4-6-20)23(29)25-13-18-7-9-19(10-8-18)14-28-16-24-15-26-28/h2-12,15-16H,13-14H2,1H3,(H,25,29). The number of nitrogens with zero attached hydrogens (tertiary/aromatic N) is 4. The van der Waals surface area contributed by atoms with E-state index in [9.17, 15) is 4.79 Å². The van der Waals surface area contributed by atoms with Crippen molar-refractivity contribution in [3.05, 3.63) is 102 Å². The molecule has 4 aromatic rings. The van der Waals surface area contributed by atoms with E-state index in [1.165, 1.54) is 6.33 Å². The molecule has 1 N–H and O–H groups in total. The number of hydrogen-bond donors (Lipinski definition) is 1. The second-order valence-electron chi connectivity index (χ2n) is 6.79. The monoisotopic (exact) mass is 383 g/mol. The Hall–Kier alpha value is -3.80. The summed E-state index contributed by atoms with van der Waals surface area (Å²) in [5.41, 5.74) is 5.37. The van der Waals surface area contributed by atoms with Gasteiger partial charge in [0, 0.05) is 12.1 Å². The molecule has 0 bridgehead atoms. The third kappa shape index (κ3) is 4.55. The smallest absolute Gasteiger partial charge is 0.253 e. The van der Waals surface area contributed by atoms with Crippen molar-refractivity contribution >= 4 is 5.91 Å². The second-order valence-corrected chi connectivity index (χ2v) is 6.79. The normalized spacial score (nSPS) is 10.7. The fraction of sp³-hybridized carbons (Fsp3) is 0.130. The van der Waals surface area contributed by atoms with Crippen LogP contribution in [0.25, 0.3) is 11.3 Å². The van der Waals surface area contributed by atoms with Crippen LogP contribution in [0.15, 0.2) is 79.4 Å². The average Bonchev–Trinajstić information content (AvgIpc) is 3.26. The molecule has 2 aromatic carbocycles. The Balaban J connectivity index is 1.38. The molecule has 144 valence electrons. The van der Waals surface area contributed by atoms with E-state index in [2.05, 4.69) is 20.4 Å². The largest absolute Gasteiger partial charge is 0.348 e. The number of aromatic nitrogens is 4. The van der Waals surface area contributed by atoms with Gasteiger partial charge in [0.15, 0.2) is 0 Å². The Morgan fingerprint density at radius 1 is 0.966 bits per heavy atom. The van der Waals surface area contributed by atoms with E-state index in [1.807, 2.05) is 73.7 Å². The Morgan fingerprint density at radius 3 is 2.41 bits per heavy atom. The Bertz CT molecular complexity index is 1090. The molecular weight excluding hydrogens is 362 g/mol. The van der Waals surface area contributed by atoms with Gasteiger partial charge in [0.25, 0.3) is 5.91 Å². The Labute approximate surface area is 169 Å². The van der Waals surface area contributed by atoms with Crippen LogP contribution in [0.2, 0.25) is 0 Å². The van der Waals surface area contributed by atoms with E-state index in [-0.39, 0.29) is 5.91 Å². The van der Waals surface area contributed by atoms with Crippen LogP contribution in [0.5, 0.6) is 0 Å². The fourth-order valence-corrected chi connectivity index (χ4v) is 3.11. The highest BCUT2D eigenvalue weighted by molar-refractivity contribution is 5.95. The molecule has 2 heterocycles. The first kappa shape index (κ1) is 18.6. The van der Waals surface area contributed by atoms with Crippen molar-refractivity contribution in [2.24, 2.45) is 0 Å². The molecule has 0 spiro atoms. The van der Waals surface area contributed by atoms with Crippen LogP contribution in [0.3, 0.4) is 0 Å². The van der Waals surface area contributed by atoms with Crippen molar-refractivity contribution in [2.45, 2.75) is 20.0 Å². The number of amides is 1. The molecule has 6 nitrogen and oxygen atoms in total. The van der Waals surface area contributed by atoms with E-state index < -0.39 is 0 Å². The van der Waals surface area contributed by atoms with E-state index in [4.69, 9.17) is 0 Å². The van der Waals surface area contributed by atoms with Crippen molar-refractivity contribution in [2.75, 3.05) is 0 Å². The van der Waals surface area contributed by atoms with Crippen LogP contribution < -0.4 is 5.32 Å². The van der Waals surface area contributed by atoms with E-state index >= 15 is 0 Å². The van der Waals surface area contributed by atoms with Gasteiger partial charge in [0.05, 0.1) is 23.5 Å². The SMILES string of the molecule is Cc1nc(-c2ccccc2)ccc1C(=O)NCc1ccc(Cn2cncn2)cc1. The summed E-state index contributed by atoms with van der Waals surface area (Å²) in [5.74, 6) is -0.124. The van der Waals surface area contributed by atoms with Gasteiger partial charge in [-0.15, -0.1) is 0 Å². The molecule has 0 aliphatic carbocycles. The predicted molar refractivity (Wildman–Crippen MR) is 111 cm³/mol. The summed E-state index contributed by atoms with van der Waals surface area (Å²) in [7, 11) is 0. The first-order valence-corrected chi connectivity index (χ1v) is 9.40. The summed E-state index contributed by atoms with van der Waals surface area (Å²) in [6, 6.07) is 21.7. The molecule has 0 fully saturated rings. The topological polar surface area (TPSA) is 72.7 Å². The van der Waals surface area contributed by atoms with E-state index in [1.54, 1.807) is 11.0 Å². The lowest BCUT2D eigenvalue weighted by Gasteiger charge is -2.10. The summed E-state index contributed by atoms with van der Waals surface area (Å²) >= 11 is 0. The molecule has 29 heavy (non-hydrogen) atoms. The molecule has 0 unspecified atom stereocenters. The number of rotatable bonds is 6. The number of benzene rings is 2. The maximum atomic E-state index is 12.6. The quantitative estimate of drug-likeness (QED) is 0.552. The van der Waals surface area contributed by atoms with Crippen LogP contribution in [-0.4, -0.2) is 25.7 Å². The lowest BCUT2D eigenvalue weighted by atomic mass is 10.1. The number of pyridine rings is 1. The maximum Gasteiger partial charge on any atom is 0.253 e. The summed E-state index contributed by atoms with van der Waals surface area (Å²) in [4.78, 5) is 21.1. The van der Waals surface area contributed by atoms with Crippen LogP contribution in [0.1, 0.15) is 27.2 Å². The number of nitrogens with one attached hydrogen (secondary N) is 1. The zero-order valence-electron chi connectivity index (χ0n) is 16.1. The molecule has 0 saturated heterocycles. The number of carbonyl (C=O) groups excluding carboxylic acids is 1. The van der Waals surface area contributed by atoms with Gasteiger partial charge in [-0.25, -0.2) is 9.67 Å². The highest BCUT2D eigenvalue weighted by Crippen LogP contribution is 2.18. The van der Waals surface area contributed by atoms with Gasteiger partial charge in [0.1, 0.15) is 12.7 Å². The van der Waals surface area contributed by atoms with Gasteiger partial charge in [-0.1, -0.05) is 54.6 Å². The second kappa shape index (κ2) is 8.48. The zero-order valence-corrected chi connectivity index (χ0v) is 16.1. The first-order valence-electron chi connectivity index (χ1n) is 9.40. The molecule has 0 aliphatic rings. The van der Waals surface area contributed by atoms with Crippen molar-refractivity contribution in [1.29, 1.82) is 0 Å². The highest BCUT2D eigenvalue weighted by Gasteiger charge is 2.11. The Morgan fingerprint density at radius 2 is 1.72 bits per heavy atom. The number of aryl methyl sites for hydroxylation is 1. The average molecular weight is 383 g/mol. The minimum Gasteiger partial charge on any atom is -0.348 e. The number of hydrogen-bond acceptors (Lipinski definition) is 4. The van der Waals surface area contributed by atoms with Gasteiger partial charge in [-0.3, -0.25) is 9.78 Å². The molecule has 0 saturated carbocycles. The third-order valence-electron chi connectivity index (χ3n) is 4.69.